The monoisotopic (exact) mass is 498 g/mol. The van der Waals surface area contributed by atoms with Gasteiger partial charge in [0.15, 0.2) is 16.6 Å². The fraction of sp³-hybridized carbons (Fsp3) is 0.808. The van der Waals surface area contributed by atoms with Gasteiger partial charge in [-0.1, -0.05) is 50.5 Å². The number of hydrogen-bond acceptors (Lipinski definition) is 4. The van der Waals surface area contributed by atoms with Crippen molar-refractivity contribution in [2.75, 3.05) is 0 Å². The summed E-state index contributed by atoms with van der Waals surface area (Å²) in [5.74, 6) is -1.93. The van der Waals surface area contributed by atoms with E-state index in [9.17, 15) is 15.0 Å². The van der Waals surface area contributed by atoms with Gasteiger partial charge in [0, 0.05) is 6.42 Å². The molecule has 0 saturated heterocycles. The molecule has 0 unspecified atom stereocenters. The Balaban J connectivity index is 2.68. The minimum absolute atomic E-state index is 0.244. The summed E-state index contributed by atoms with van der Waals surface area (Å²) in [6.07, 6.45) is 18.3. The van der Waals surface area contributed by atoms with Gasteiger partial charge >= 0.3 is 5.97 Å². The van der Waals surface area contributed by atoms with Crippen molar-refractivity contribution in [3.8, 4) is 0 Å². The molecule has 0 bridgehead atoms. The number of hydrogen-bond donors (Lipinski definition) is 2. The molecule has 0 spiro atoms. The van der Waals surface area contributed by atoms with Crippen molar-refractivity contribution in [2.45, 2.75) is 122 Å². The van der Waals surface area contributed by atoms with Gasteiger partial charge in [-0.15, -0.1) is 0 Å². The quantitative estimate of drug-likeness (QED) is 0.103. The number of aliphatic hydroxyl groups is 1. The van der Waals surface area contributed by atoms with E-state index >= 15 is 0 Å². The summed E-state index contributed by atoms with van der Waals surface area (Å²) in [5.41, 5.74) is 0. The highest BCUT2D eigenvalue weighted by atomic mass is 28.4. The van der Waals surface area contributed by atoms with Crippen molar-refractivity contribution in [1.82, 2.24) is 0 Å². The Kier molecular flexibility index (Phi) is 12.8. The molecule has 192 valence electrons. The van der Waals surface area contributed by atoms with Crippen LogP contribution in [0.25, 0.3) is 0 Å². The Morgan fingerprint density at radius 1 is 0.939 bits per heavy atom. The van der Waals surface area contributed by atoms with Crippen LogP contribution in [0, 0.1) is 11.8 Å². The van der Waals surface area contributed by atoms with Crippen molar-refractivity contribution in [2.24, 2.45) is 11.8 Å². The largest absolute Gasteiger partial charge is 0.477 e. The van der Waals surface area contributed by atoms with Crippen LogP contribution in [0.5, 0.6) is 0 Å². The molecule has 0 radical (unpaired) electrons. The first-order valence-corrected chi connectivity index (χ1v) is 19.7. The van der Waals surface area contributed by atoms with Gasteiger partial charge in [-0.2, -0.15) is 0 Å². The maximum absolute atomic E-state index is 12.2. The third-order valence-corrected chi connectivity index (χ3v) is 7.81. The maximum atomic E-state index is 12.2. The fourth-order valence-electron chi connectivity index (χ4n) is 4.56. The summed E-state index contributed by atoms with van der Waals surface area (Å²) in [5, 5.41) is 20.5. The lowest BCUT2D eigenvalue weighted by atomic mass is 9.90. The van der Waals surface area contributed by atoms with E-state index in [2.05, 4.69) is 25.2 Å². The molecule has 1 fully saturated rings. The van der Waals surface area contributed by atoms with Gasteiger partial charge in [-0.3, -0.25) is 0 Å². The molecule has 0 heterocycles. The van der Waals surface area contributed by atoms with Crippen molar-refractivity contribution in [3.05, 3.63) is 24.3 Å². The van der Waals surface area contributed by atoms with Crippen molar-refractivity contribution < 1.29 is 23.9 Å². The number of carboxylic acids is 1. The third kappa shape index (κ3) is 12.0. The molecule has 1 rings (SSSR count). The second-order valence-electron chi connectivity index (χ2n) is 11.5. The van der Waals surface area contributed by atoms with Crippen LogP contribution in [0.15, 0.2) is 24.3 Å². The van der Waals surface area contributed by atoms with E-state index in [4.69, 9.17) is 8.85 Å². The second-order valence-corrected chi connectivity index (χ2v) is 20.3. The zero-order valence-electron chi connectivity index (χ0n) is 22.2. The summed E-state index contributed by atoms with van der Waals surface area (Å²) in [7, 11) is -4.27. The van der Waals surface area contributed by atoms with Crippen molar-refractivity contribution in [1.29, 1.82) is 0 Å². The molecule has 0 aliphatic heterocycles. The molecule has 0 amide bonds. The minimum Gasteiger partial charge on any atom is -0.477 e. The van der Waals surface area contributed by atoms with Crippen LogP contribution in [0.1, 0.15) is 71.1 Å². The number of carboxylic acid groups (broad SMARTS) is 1. The van der Waals surface area contributed by atoms with Crippen LogP contribution < -0.4 is 0 Å². The SMILES string of the molecule is CCCCCC/C=C/[C@H]1CC[C@H](O)[C@@H]1C/C=C\CCC(O[Si](C)(C)C)(O[Si](C)(C)C)C(=O)O. The Morgan fingerprint density at radius 2 is 1.58 bits per heavy atom. The molecular formula is C26H50O5Si2. The predicted molar refractivity (Wildman–Crippen MR) is 142 cm³/mol. The molecule has 5 nitrogen and oxygen atoms in total. The van der Waals surface area contributed by atoms with E-state index in [1.54, 1.807) is 0 Å². The number of aliphatic hydroxyl groups excluding tert-OH is 1. The Hall–Kier alpha value is -0.736. The highest BCUT2D eigenvalue weighted by Crippen LogP contribution is 2.36. The smallest absolute Gasteiger partial charge is 0.362 e. The van der Waals surface area contributed by atoms with Crippen LogP contribution in [0.4, 0.5) is 0 Å². The highest BCUT2D eigenvalue weighted by Gasteiger charge is 2.46. The maximum Gasteiger partial charge on any atom is 0.362 e. The molecule has 33 heavy (non-hydrogen) atoms. The number of carbonyl (C=O) groups is 1. The van der Waals surface area contributed by atoms with Crippen LogP contribution in [0.3, 0.4) is 0 Å². The Labute approximate surface area is 204 Å². The molecule has 2 N–H and O–H groups in total. The van der Waals surface area contributed by atoms with E-state index in [1.807, 2.05) is 45.4 Å². The third-order valence-electron chi connectivity index (χ3n) is 5.93. The summed E-state index contributed by atoms with van der Waals surface area (Å²) < 4.78 is 12.3. The topological polar surface area (TPSA) is 76.0 Å². The zero-order chi connectivity index (χ0) is 25.1. The summed E-state index contributed by atoms with van der Waals surface area (Å²) in [4.78, 5) is 12.2. The molecule has 7 heteroatoms. The van der Waals surface area contributed by atoms with Gasteiger partial charge in [0.1, 0.15) is 0 Å². The first-order valence-electron chi connectivity index (χ1n) is 12.9. The van der Waals surface area contributed by atoms with Gasteiger partial charge in [0.2, 0.25) is 0 Å². The van der Waals surface area contributed by atoms with Crippen molar-refractivity contribution in [3.63, 3.8) is 0 Å². The summed E-state index contributed by atoms with van der Waals surface area (Å²) in [6.45, 7) is 14.2. The Bertz CT molecular complexity index is 618. The molecule has 1 aliphatic carbocycles. The van der Waals surface area contributed by atoms with E-state index in [-0.39, 0.29) is 12.0 Å². The Morgan fingerprint density at radius 3 is 2.12 bits per heavy atom. The van der Waals surface area contributed by atoms with E-state index in [1.165, 1.54) is 25.7 Å². The van der Waals surface area contributed by atoms with Gasteiger partial charge in [-0.25, -0.2) is 4.79 Å². The average Bonchev–Trinajstić information content (AvgIpc) is 3.01. The molecule has 1 saturated carbocycles. The van der Waals surface area contributed by atoms with Crippen LogP contribution in [-0.4, -0.2) is 44.7 Å². The normalized spacial score (nSPS) is 22.6. The standard InChI is InChI=1S/C26H50O5Si2/c1-8-9-10-11-12-14-17-22-19-20-24(27)23(22)18-15-13-16-21-26(25(28)29,30-32(2,3)4)31-33(5,6)7/h13-15,17,22-24,27H,8-12,16,18-21H2,1-7H3,(H,28,29)/b15-13-,17-14+/t22-,23+,24-/m0/s1. The number of allylic oxidation sites excluding steroid dienone is 4. The molecular weight excluding hydrogens is 448 g/mol. The second kappa shape index (κ2) is 14.0. The van der Waals surface area contributed by atoms with Gasteiger partial charge < -0.3 is 19.1 Å². The molecule has 3 atom stereocenters. The molecule has 1 aliphatic rings. The lowest BCUT2D eigenvalue weighted by Gasteiger charge is -2.39. The summed E-state index contributed by atoms with van der Waals surface area (Å²) in [6, 6.07) is 0. The van der Waals surface area contributed by atoms with Crippen LogP contribution in [-0.2, 0) is 13.6 Å². The fourth-order valence-corrected chi connectivity index (χ4v) is 7.08. The number of rotatable bonds is 16. The lowest BCUT2D eigenvalue weighted by molar-refractivity contribution is -0.192. The minimum atomic E-state index is -2.14. The number of unbranched alkanes of at least 4 members (excludes halogenated alkanes) is 4. The first kappa shape index (κ1) is 30.3. The van der Waals surface area contributed by atoms with Gasteiger partial charge in [0.25, 0.3) is 5.79 Å². The van der Waals surface area contributed by atoms with Gasteiger partial charge in [0.05, 0.1) is 6.10 Å². The average molecular weight is 499 g/mol. The van der Waals surface area contributed by atoms with E-state index in [0.29, 0.717) is 18.8 Å². The molecule has 0 aromatic rings. The molecule has 0 aromatic carbocycles. The zero-order valence-corrected chi connectivity index (χ0v) is 24.2. The van der Waals surface area contributed by atoms with E-state index < -0.39 is 28.4 Å². The molecule has 0 aromatic heterocycles. The van der Waals surface area contributed by atoms with Crippen LogP contribution in [0.2, 0.25) is 39.3 Å². The van der Waals surface area contributed by atoms with Crippen LogP contribution >= 0.6 is 0 Å². The predicted octanol–water partition coefficient (Wildman–Crippen LogP) is 7.11. The number of aliphatic carboxylic acids is 1. The highest BCUT2D eigenvalue weighted by molar-refractivity contribution is 6.71. The first-order chi connectivity index (χ1) is 15.3. The summed E-state index contributed by atoms with van der Waals surface area (Å²) >= 11 is 0. The van der Waals surface area contributed by atoms with E-state index in [0.717, 1.165) is 25.7 Å². The van der Waals surface area contributed by atoms with Crippen molar-refractivity contribution >= 4 is 22.6 Å². The van der Waals surface area contributed by atoms with Gasteiger partial charge in [-0.05, 0) is 89.6 Å². The lowest BCUT2D eigenvalue weighted by Crippen LogP contribution is -2.55.